The molecule has 1 aromatic heterocycles. The van der Waals surface area contributed by atoms with Gasteiger partial charge in [-0.25, -0.2) is 4.79 Å². The summed E-state index contributed by atoms with van der Waals surface area (Å²) < 4.78 is 5.21. The fourth-order valence-corrected chi connectivity index (χ4v) is 2.30. The number of urea groups is 1. The predicted molar refractivity (Wildman–Crippen MR) is 87.2 cm³/mol. The van der Waals surface area contributed by atoms with Crippen LogP contribution in [0.5, 0.6) is 5.75 Å². The minimum atomic E-state index is -0.228. The molecule has 0 unspecified atom stereocenters. The van der Waals surface area contributed by atoms with Gasteiger partial charge in [-0.2, -0.15) is 0 Å². The largest absolute Gasteiger partial charge is 0.496 e. The van der Waals surface area contributed by atoms with Gasteiger partial charge < -0.3 is 15.4 Å². The number of ether oxygens (including phenoxy) is 1. The van der Waals surface area contributed by atoms with E-state index in [2.05, 4.69) is 15.6 Å². The first-order chi connectivity index (χ1) is 10.6. The summed E-state index contributed by atoms with van der Waals surface area (Å²) in [6.45, 7) is 3.97. The molecule has 0 bridgehead atoms. The Morgan fingerprint density at radius 2 is 2.00 bits per heavy atom. The molecule has 1 heterocycles. The second-order valence-corrected chi connectivity index (χ2v) is 5.02. The summed E-state index contributed by atoms with van der Waals surface area (Å²) in [6, 6.07) is 9.09. The van der Waals surface area contributed by atoms with E-state index in [4.69, 9.17) is 4.74 Å². The van der Waals surface area contributed by atoms with Crippen molar-refractivity contribution in [1.29, 1.82) is 0 Å². The number of carbonyl (C=O) groups is 1. The molecule has 0 radical (unpaired) electrons. The van der Waals surface area contributed by atoms with Crippen molar-refractivity contribution in [1.82, 2.24) is 10.3 Å². The van der Waals surface area contributed by atoms with E-state index in [1.165, 1.54) is 0 Å². The van der Waals surface area contributed by atoms with E-state index in [9.17, 15) is 4.79 Å². The first-order valence-corrected chi connectivity index (χ1v) is 7.26. The number of carbonyl (C=O) groups excluding carboxylic acids is 1. The summed E-state index contributed by atoms with van der Waals surface area (Å²) in [5.74, 6) is 0.800. The number of nitrogens with zero attached hydrogens (tertiary/aromatic N) is 1. The fraction of sp³-hybridized carbons (Fsp3) is 0.294. The normalized spacial score (nSPS) is 11.6. The first kappa shape index (κ1) is 15.8. The molecule has 0 spiro atoms. The van der Waals surface area contributed by atoms with Crippen LogP contribution in [0, 0.1) is 6.92 Å². The maximum absolute atomic E-state index is 12.2. The molecule has 0 aliphatic rings. The van der Waals surface area contributed by atoms with Crippen molar-refractivity contribution in [2.75, 3.05) is 12.4 Å². The predicted octanol–water partition coefficient (Wildman–Crippen LogP) is 3.67. The zero-order chi connectivity index (χ0) is 15.9. The van der Waals surface area contributed by atoms with Crippen LogP contribution in [-0.2, 0) is 0 Å². The quantitative estimate of drug-likeness (QED) is 0.885. The van der Waals surface area contributed by atoms with Crippen LogP contribution in [0.15, 0.2) is 42.7 Å². The maximum Gasteiger partial charge on any atom is 0.319 e. The zero-order valence-corrected chi connectivity index (χ0v) is 13.1. The first-order valence-electron chi connectivity index (χ1n) is 7.26. The van der Waals surface area contributed by atoms with Crippen LogP contribution >= 0.6 is 0 Å². The molecule has 0 fully saturated rings. The molecule has 2 N–H and O–H groups in total. The Hall–Kier alpha value is -2.56. The molecule has 0 aliphatic heterocycles. The van der Waals surface area contributed by atoms with Crippen molar-refractivity contribution >= 4 is 11.7 Å². The average Bonchev–Trinajstić information content (AvgIpc) is 2.53. The minimum absolute atomic E-state index is 0.0395. The summed E-state index contributed by atoms with van der Waals surface area (Å²) >= 11 is 0. The Bertz CT molecular complexity index is 629. The molecular formula is C17H21N3O2. The third-order valence-electron chi connectivity index (χ3n) is 3.47. The average molecular weight is 299 g/mol. The maximum atomic E-state index is 12.2. The molecule has 0 saturated heterocycles. The monoisotopic (exact) mass is 299 g/mol. The van der Waals surface area contributed by atoms with Gasteiger partial charge in [0.15, 0.2) is 0 Å². The van der Waals surface area contributed by atoms with Gasteiger partial charge in [0, 0.05) is 18.1 Å². The zero-order valence-electron chi connectivity index (χ0n) is 13.1. The number of rotatable bonds is 5. The summed E-state index contributed by atoms with van der Waals surface area (Å²) in [5.41, 5.74) is 2.75. The van der Waals surface area contributed by atoms with Crippen molar-refractivity contribution in [3.05, 3.63) is 53.9 Å². The topological polar surface area (TPSA) is 63.2 Å². The smallest absolute Gasteiger partial charge is 0.319 e. The van der Waals surface area contributed by atoms with E-state index >= 15 is 0 Å². The number of hydrogen-bond donors (Lipinski definition) is 2. The SMILES string of the molecule is CC[C@H](NC(=O)Nc1ccc(OC)c(C)c1)c1ccncc1. The molecular weight excluding hydrogens is 278 g/mol. The highest BCUT2D eigenvalue weighted by molar-refractivity contribution is 5.89. The number of methoxy groups -OCH3 is 1. The van der Waals surface area contributed by atoms with E-state index in [-0.39, 0.29) is 12.1 Å². The molecule has 2 amide bonds. The van der Waals surface area contributed by atoms with Crippen molar-refractivity contribution < 1.29 is 9.53 Å². The van der Waals surface area contributed by atoms with Crippen LogP contribution < -0.4 is 15.4 Å². The Labute approximate surface area is 130 Å². The number of pyridine rings is 1. The van der Waals surface area contributed by atoms with Crippen molar-refractivity contribution in [2.45, 2.75) is 26.3 Å². The molecule has 2 rings (SSSR count). The van der Waals surface area contributed by atoms with Crippen LogP contribution in [0.25, 0.3) is 0 Å². The third-order valence-corrected chi connectivity index (χ3v) is 3.47. The highest BCUT2D eigenvalue weighted by atomic mass is 16.5. The van der Waals surface area contributed by atoms with E-state index in [0.29, 0.717) is 0 Å². The second kappa shape index (κ2) is 7.45. The number of aryl methyl sites for hydroxylation is 1. The van der Waals surface area contributed by atoms with Crippen LogP contribution in [0.1, 0.15) is 30.5 Å². The van der Waals surface area contributed by atoms with Crippen LogP contribution in [0.4, 0.5) is 10.5 Å². The summed E-state index contributed by atoms with van der Waals surface area (Å²) in [6.07, 6.45) is 4.26. The molecule has 0 saturated carbocycles. The summed E-state index contributed by atoms with van der Waals surface area (Å²) in [7, 11) is 1.63. The highest BCUT2D eigenvalue weighted by Gasteiger charge is 2.12. The van der Waals surface area contributed by atoms with Crippen molar-refractivity contribution in [3.8, 4) is 5.75 Å². The summed E-state index contributed by atoms with van der Waals surface area (Å²) in [5, 5.41) is 5.82. The molecule has 2 aromatic rings. The highest BCUT2D eigenvalue weighted by Crippen LogP contribution is 2.21. The third kappa shape index (κ3) is 3.97. The molecule has 22 heavy (non-hydrogen) atoms. The number of amides is 2. The Balaban J connectivity index is 2.01. The number of benzene rings is 1. The number of nitrogens with one attached hydrogen (secondary N) is 2. The van der Waals surface area contributed by atoms with Crippen LogP contribution in [0.2, 0.25) is 0 Å². The van der Waals surface area contributed by atoms with Gasteiger partial charge in [0.25, 0.3) is 0 Å². The van der Waals surface area contributed by atoms with Gasteiger partial charge >= 0.3 is 6.03 Å². The Morgan fingerprint density at radius 3 is 2.59 bits per heavy atom. The Kier molecular flexibility index (Phi) is 5.36. The van der Waals surface area contributed by atoms with Crippen LogP contribution in [-0.4, -0.2) is 18.1 Å². The molecule has 116 valence electrons. The van der Waals surface area contributed by atoms with Gasteiger partial charge in [-0.3, -0.25) is 4.98 Å². The lowest BCUT2D eigenvalue weighted by Gasteiger charge is -2.18. The van der Waals surface area contributed by atoms with Gasteiger partial charge in [-0.15, -0.1) is 0 Å². The molecule has 1 aromatic carbocycles. The van der Waals surface area contributed by atoms with Gasteiger partial charge in [0.1, 0.15) is 5.75 Å². The van der Waals surface area contributed by atoms with E-state index < -0.39 is 0 Å². The standard InChI is InChI=1S/C17H21N3O2/c1-4-15(13-7-9-18-10-8-13)20-17(21)19-14-5-6-16(22-3)12(2)11-14/h5-11,15H,4H2,1-3H3,(H2,19,20,21)/t15-/m0/s1. The lowest BCUT2D eigenvalue weighted by atomic mass is 10.1. The second-order valence-electron chi connectivity index (χ2n) is 5.02. The van der Waals surface area contributed by atoms with E-state index in [1.807, 2.05) is 44.2 Å². The van der Waals surface area contributed by atoms with Gasteiger partial charge in [0.05, 0.1) is 13.2 Å². The minimum Gasteiger partial charge on any atom is -0.496 e. The number of anilines is 1. The van der Waals surface area contributed by atoms with Gasteiger partial charge in [-0.05, 0) is 54.8 Å². The van der Waals surface area contributed by atoms with Gasteiger partial charge in [-0.1, -0.05) is 6.92 Å². The van der Waals surface area contributed by atoms with E-state index in [0.717, 1.165) is 29.0 Å². The van der Waals surface area contributed by atoms with Crippen LogP contribution in [0.3, 0.4) is 0 Å². The lowest BCUT2D eigenvalue weighted by Crippen LogP contribution is -2.32. The summed E-state index contributed by atoms with van der Waals surface area (Å²) in [4.78, 5) is 16.1. The fourth-order valence-electron chi connectivity index (χ4n) is 2.30. The number of hydrogen-bond acceptors (Lipinski definition) is 3. The van der Waals surface area contributed by atoms with Crippen molar-refractivity contribution in [2.24, 2.45) is 0 Å². The van der Waals surface area contributed by atoms with Gasteiger partial charge in [0.2, 0.25) is 0 Å². The van der Waals surface area contributed by atoms with Crippen molar-refractivity contribution in [3.63, 3.8) is 0 Å². The molecule has 5 nitrogen and oxygen atoms in total. The Morgan fingerprint density at radius 1 is 1.27 bits per heavy atom. The molecule has 1 atom stereocenters. The number of aromatic nitrogens is 1. The molecule has 5 heteroatoms. The lowest BCUT2D eigenvalue weighted by molar-refractivity contribution is 0.248. The molecule has 0 aliphatic carbocycles. The van der Waals surface area contributed by atoms with E-state index in [1.54, 1.807) is 19.5 Å².